The van der Waals surface area contributed by atoms with Crippen molar-refractivity contribution in [2.45, 2.75) is 44.8 Å². The lowest BCUT2D eigenvalue weighted by atomic mass is 9.96. The number of aliphatic hydroxyl groups is 1. The number of fused-ring (bicyclic) bond motifs is 1. The molecule has 0 amide bonds. The first-order valence-electron chi connectivity index (χ1n) is 5.85. The molecule has 3 heteroatoms. The summed E-state index contributed by atoms with van der Waals surface area (Å²) in [5.74, 6) is 0.182. The molecular formula is C13H17FO2. The molecular weight excluding hydrogens is 207 g/mol. The molecule has 1 aliphatic rings. The Morgan fingerprint density at radius 1 is 1.50 bits per heavy atom. The highest BCUT2D eigenvalue weighted by Gasteiger charge is 2.26. The summed E-state index contributed by atoms with van der Waals surface area (Å²) < 4.78 is 18.7. The molecule has 0 aromatic heterocycles. The molecule has 1 aliphatic heterocycles. The monoisotopic (exact) mass is 224 g/mol. The lowest BCUT2D eigenvalue weighted by molar-refractivity contribution is 0.0604. The van der Waals surface area contributed by atoms with Crippen LogP contribution in [0.2, 0.25) is 0 Å². The van der Waals surface area contributed by atoms with E-state index >= 15 is 0 Å². The zero-order chi connectivity index (χ0) is 11.5. The van der Waals surface area contributed by atoms with E-state index in [1.807, 2.05) is 0 Å². The molecule has 0 aliphatic carbocycles. The molecule has 2 rings (SSSR count). The molecule has 0 saturated carbocycles. The lowest BCUT2D eigenvalue weighted by Crippen LogP contribution is -2.25. The van der Waals surface area contributed by atoms with E-state index in [1.165, 1.54) is 12.1 Å². The van der Waals surface area contributed by atoms with Crippen LogP contribution in [-0.4, -0.2) is 11.2 Å². The van der Waals surface area contributed by atoms with Crippen LogP contribution in [0.15, 0.2) is 18.2 Å². The van der Waals surface area contributed by atoms with Crippen LogP contribution in [0, 0.1) is 5.82 Å². The van der Waals surface area contributed by atoms with Gasteiger partial charge in [-0.15, -0.1) is 0 Å². The summed E-state index contributed by atoms with van der Waals surface area (Å²) in [5.41, 5.74) is 0.703. The van der Waals surface area contributed by atoms with Gasteiger partial charge in [-0.25, -0.2) is 4.39 Å². The van der Waals surface area contributed by atoms with Crippen LogP contribution in [-0.2, 0) is 0 Å². The maximum Gasteiger partial charge on any atom is 0.128 e. The highest BCUT2D eigenvalue weighted by molar-refractivity contribution is 5.37. The van der Waals surface area contributed by atoms with E-state index < -0.39 is 6.10 Å². The minimum atomic E-state index is -0.522. The van der Waals surface area contributed by atoms with Crippen molar-refractivity contribution >= 4 is 0 Å². The molecule has 0 bridgehead atoms. The molecule has 1 N–H and O–H groups in total. The molecule has 0 fully saturated rings. The first-order chi connectivity index (χ1) is 7.70. The summed E-state index contributed by atoms with van der Waals surface area (Å²) in [6.45, 7) is 2.12. The molecule has 88 valence electrons. The fourth-order valence-electron chi connectivity index (χ4n) is 2.10. The van der Waals surface area contributed by atoms with Gasteiger partial charge in [0.15, 0.2) is 0 Å². The van der Waals surface area contributed by atoms with E-state index in [-0.39, 0.29) is 11.9 Å². The Labute approximate surface area is 95.1 Å². The molecule has 0 radical (unpaired) electrons. The number of rotatable bonds is 3. The summed E-state index contributed by atoms with van der Waals surface area (Å²) in [6.07, 6.45) is 3.20. The van der Waals surface area contributed by atoms with Gasteiger partial charge in [-0.1, -0.05) is 19.8 Å². The quantitative estimate of drug-likeness (QED) is 0.854. The maximum atomic E-state index is 13.0. The SMILES string of the molecule is CCCCC1C[C@@H](O)c2ccc(F)cc2O1. The van der Waals surface area contributed by atoms with Crippen molar-refractivity contribution in [1.29, 1.82) is 0 Å². The predicted octanol–water partition coefficient (Wildman–Crippen LogP) is 3.20. The molecule has 0 saturated heterocycles. The third kappa shape index (κ3) is 2.35. The van der Waals surface area contributed by atoms with Crippen LogP contribution in [0.5, 0.6) is 5.75 Å². The largest absolute Gasteiger partial charge is 0.490 e. The zero-order valence-corrected chi connectivity index (χ0v) is 9.45. The molecule has 0 spiro atoms. The second-order valence-corrected chi connectivity index (χ2v) is 4.32. The minimum Gasteiger partial charge on any atom is -0.490 e. The fraction of sp³-hybridized carbons (Fsp3) is 0.538. The van der Waals surface area contributed by atoms with E-state index in [0.717, 1.165) is 19.3 Å². The first-order valence-corrected chi connectivity index (χ1v) is 5.85. The molecule has 1 unspecified atom stereocenters. The van der Waals surface area contributed by atoms with Gasteiger partial charge in [0, 0.05) is 18.1 Å². The summed E-state index contributed by atoms with van der Waals surface area (Å²) in [6, 6.07) is 4.32. The number of halogens is 1. The van der Waals surface area contributed by atoms with Gasteiger partial charge in [0.05, 0.1) is 6.10 Å². The van der Waals surface area contributed by atoms with Crippen LogP contribution in [0.1, 0.15) is 44.3 Å². The summed E-state index contributed by atoms with van der Waals surface area (Å²) >= 11 is 0. The van der Waals surface area contributed by atoms with Crippen molar-refractivity contribution in [1.82, 2.24) is 0 Å². The Morgan fingerprint density at radius 3 is 3.06 bits per heavy atom. The Kier molecular flexibility index (Phi) is 3.44. The number of benzene rings is 1. The van der Waals surface area contributed by atoms with Gasteiger partial charge >= 0.3 is 0 Å². The van der Waals surface area contributed by atoms with Crippen LogP contribution in [0.25, 0.3) is 0 Å². The fourth-order valence-corrected chi connectivity index (χ4v) is 2.10. The highest BCUT2D eigenvalue weighted by atomic mass is 19.1. The second kappa shape index (κ2) is 4.83. The number of aliphatic hydroxyl groups excluding tert-OH is 1. The normalized spacial score (nSPS) is 23.7. The minimum absolute atomic E-state index is 0.0178. The first kappa shape index (κ1) is 11.4. The van der Waals surface area contributed by atoms with Gasteiger partial charge < -0.3 is 9.84 Å². The molecule has 1 heterocycles. The van der Waals surface area contributed by atoms with Crippen LogP contribution >= 0.6 is 0 Å². The van der Waals surface area contributed by atoms with Gasteiger partial charge in [0.2, 0.25) is 0 Å². The van der Waals surface area contributed by atoms with Gasteiger partial charge in [-0.05, 0) is 18.6 Å². The van der Waals surface area contributed by atoms with E-state index in [9.17, 15) is 9.50 Å². The topological polar surface area (TPSA) is 29.5 Å². The highest BCUT2D eigenvalue weighted by Crippen LogP contribution is 2.36. The van der Waals surface area contributed by atoms with Crippen LogP contribution < -0.4 is 4.74 Å². The van der Waals surface area contributed by atoms with E-state index in [2.05, 4.69) is 6.92 Å². The Morgan fingerprint density at radius 2 is 2.31 bits per heavy atom. The van der Waals surface area contributed by atoms with Gasteiger partial charge in [0.25, 0.3) is 0 Å². The van der Waals surface area contributed by atoms with E-state index in [0.29, 0.717) is 17.7 Å². The van der Waals surface area contributed by atoms with E-state index in [4.69, 9.17) is 4.74 Å². The molecule has 2 atom stereocenters. The number of unbranched alkanes of at least 4 members (excludes halogenated alkanes) is 1. The summed E-state index contributed by atoms with van der Waals surface area (Å²) in [7, 11) is 0. The third-order valence-corrected chi connectivity index (χ3v) is 2.99. The Balaban J connectivity index is 2.14. The average molecular weight is 224 g/mol. The average Bonchev–Trinajstić information content (AvgIpc) is 2.25. The van der Waals surface area contributed by atoms with Gasteiger partial charge in [-0.3, -0.25) is 0 Å². The van der Waals surface area contributed by atoms with Crippen molar-refractivity contribution in [2.75, 3.05) is 0 Å². The van der Waals surface area contributed by atoms with Crippen molar-refractivity contribution in [3.05, 3.63) is 29.6 Å². The predicted molar refractivity (Wildman–Crippen MR) is 59.9 cm³/mol. The Bertz CT molecular complexity index is 365. The van der Waals surface area contributed by atoms with Crippen molar-refractivity contribution in [2.24, 2.45) is 0 Å². The van der Waals surface area contributed by atoms with Gasteiger partial charge in [-0.2, -0.15) is 0 Å². The lowest BCUT2D eigenvalue weighted by Gasteiger charge is -2.29. The zero-order valence-electron chi connectivity index (χ0n) is 9.45. The number of hydrogen-bond donors (Lipinski definition) is 1. The molecule has 1 aromatic rings. The van der Waals surface area contributed by atoms with Crippen molar-refractivity contribution < 1.29 is 14.2 Å². The number of hydrogen-bond acceptors (Lipinski definition) is 2. The smallest absolute Gasteiger partial charge is 0.128 e. The maximum absolute atomic E-state index is 13.0. The van der Waals surface area contributed by atoms with Crippen LogP contribution in [0.3, 0.4) is 0 Å². The molecule has 1 aromatic carbocycles. The second-order valence-electron chi connectivity index (χ2n) is 4.32. The van der Waals surface area contributed by atoms with Crippen molar-refractivity contribution in [3.8, 4) is 5.75 Å². The standard InChI is InChI=1S/C13H17FO2/c1-2-3-4-10-8-12(15)11-6-5-9(14)7-13(11)16-10/h5-7,10,12,15H,2-4,8H2,1H3/t10?,12-/m1/s1. The van der Waals surface area contributed by atoms with Crippen molar-refractivity contribution in [3.63, 3.8) is 0 Å². The van der Waals surface area contributed by atoms with Crippen LogP contribution in [0.4, 0.5) is 4.39 Å². The summed E-state index contributed by atoms with van der Waals surface area (Å²) in [5, 5.41) is 9.92. The Hall–Kier alpha value is -1.09. The van der Waals surface area contributed by atoms with Gasteiger partial charge in [0.1, 0.15) is 17.7 Å². The third-order valence-electron chi connectivity index (χ3n) is 2.99. The van der Waals surface area contributed by atoms with E-state index in [1.54, 1.807) is 6.07 Å². The summed E-state index contributed by atoms with van der Waals surface area (Å²) in [4.78, 5) is 0. The molecule has 16 heavy (non-hydrogen) atoms. The molecule has 2 nitrogen and oxygen atoms in total. The number of ether oxygens (including phenoxy) is 1.